The van der Waals surface area contributed by atoms with Gasteiger partial charge in [-0.2, -0.15) is 0 Å². The fourth-order valence-electron chi connectivity index (χ4n) is 0.950. The van der Waals surface area contributed by atoms with Gasteiger partial charge in [-0.3, -0.25) is 0 Å². The van der Waals surface area contributed by atoms with Gasteiger partial charge in [-0.25, -0.2) is 4.79 Å². The molecule has 0 unspecified atom stereocenters. The molecule has 0 aliphatic carbocycles. The van der Waals surface area contributed by atoms with Gasteiger partial charge in [0.1, 0.15) is 0 Å². The Morgan fingerprint density at radius 1 is 1.54 bits per heavy atom. The summed E-state index contributed by atoms with van der Waals surface area (Å²) in [6.07, 6.45) is 1.93. The maximum atomic E-state index is 11.3. The van der Waals surface area contributed by atoms with E-state index in [0.717, 1.165) is 9.37 Å². The number of benzene rings is 1. The number of methoxy groups -OCH3 is 1. The molecule has 13 heavy (non-hydrogen) atoms. The first-order chi connectivity index (χ1) is 6.19. The largest absolute Gasteiger partial charge is 0.465 e. The number of hydrogen-bond acceptors (Lipinski definition) is 3. The molecule has 1 aromatic carbocycles. The van der Waals surface area contributed by atoms with Crippen LogP contribution in [0.2, 0.25) is 0 Å². The second kappa shape index (κ2) is 4.67. The summed E-state index contributed by atoms with van der Waals surface area (Å²) in [5.74, 6) is -0.300. The van der Waals surface area contributed by atoms with E-state index >= 15 is 0 Å². The molecule has 1 rings (SSSR count). The molecular formula is C9H9BrO2S. The topological polar surface area (TPSA) is 26.3 Å². The van der Waals surface area contributed by atoms with Crippen molar-refractivity contribution in [1.82, 2.24) is 0 Å². The molecule has 70 valence electrons. The average Bonchev–Trinajstić information content (AvgIpc) is 2.16. The fraction of sp³-hybridized carbons (Fsp3) is 0.222. The predicted octanol–water partition coefficient (Wildman–Crippen LogP) is 2.96. The first-order valence-corrected chi connectivity index (χ1v) is 5.62. The third-order valence-electron chi connectivity index (χ3n) is 1.57. The van der Waals surface area contributed by atoms with Gasteiger partial charge in [0.05, 0.1) is 12.7 Å². The molecule has 0 spiro atoms. The lowest BCUT2D eigenvalue weighted by Gasteiger charge is -2.05. The number of halogens is 1. The Hall–Kier alpha value is -0.480. The van der Waals surface area contributed by atoms with Crippen LogP contribution in [0.4, 0.5) is 0 Å². The molecule has 0 radical (unpaired) electrons. The van der Waals surface area contributed by atoms with Crippen LogP contribution in [0.3, 0.4) is 0 Å². The van der Waals surface area contributed by atoms with Gasteiger partial charge in [0, 0.05) is 9.37 Å². The minimum atomic E-state index is -0.300. The maximum Gasteiger partial charge on any atom is 0.339 e. The van der Waals surface area contributed by atoms with E-state index < -0.39 is 0 Å². The Balaban J connectivity index is 3.15. The van der Waals surface area contributed by atoms with Crippen molar-refractivity contribution in [3.63, 3.8) is 0 Å². The van der Waals surface area contributed by atoms with Crippen molar-refractivity contribution in [3.05, 3.63) is 28.2 Å². The van der Waals surface area contributed by atoms with Crippen molar-refractivity contribution < 1.29 is 9.53 Å². The first-order valence-electron chi connectivity index (χ1n) is 3.61. The molecule has 0 atom stereocenters. The first kappa shape index (κ1) is 10.6. The number of ether oxygens (including phenoxy) is 1. The monoisotopic (exact) mass is 260 g/mol. The molecular weight excluding hydrogens is 252 g/mol. The lowest BCUT2D eigenvalue weighted by atomic mass is 10.2. The Bertz CT molecular complexity index is 325. The highest BCUT2D eigenvalue weighted by atomic mass is 79.9. The van der Waals surface area contributed by atoms with Gasteiger partial charge in [-0.1, -0.05) is 15.9 Å². The smallest absolute Gasteiger partial charge is 0.339 e. The third-order valence-corrected chi connectivity index (χ3v) is 2.86. The summed E-state index contributed by atoms with van der Waals surface area (Å²) in [6, 6.07) is 5.55. The predicted molar refractivity (Wildman–Crippen MR) is 57.3 cm³/mol. The summed E-state index contributed by atoms with van der Waals surface area (Å²) in [5.41, 5.74) is 0.601. The SMILES string of the molecule is COC(=O)c1cc(Br)ccc1SC. The molecule has 0 bridgehead atoms. The van der Waals surface area contributed by atoms with Crippen LogP contribution in [-0.4, -0.2) is 19.3 Å². The molecule has 0 amide bonds. The highest BCUT2D eigenvalue weighted by Crippen LogP contribution is 2.24. The summed E-state index contributed by atoms with van der Waals surface area (Å²) in [7, 11) is 1.38. The maximum absolute atomic E-state index is 11.3. The van der Waals surface area contributed by atoms with Crippen LogP contribution in [-0.2, 0) is 4.74 Å². The number of rotatable bonds is 2. The second-order valence-electron chi connectivity index (χ2n) is 2.34. The molecule has 0 aromatic heterocycles. The molecule has 2 nitrogen and oxygen atoms in total. The molecule has 0 saturated heterocycles. The van der Waals surface area contributed by atoms with Crippen LogP contribution in [0.15, 0.2) is 27.6 Å². The molecule has 0 fully saturated rings. The fourth-order valence-corrected chi connectivity index (χ4v) is 1.88. The van der Waals surface area contributed by atoms with E-state index in [4.69, 9.17) is 0 Å². The van der Waals surface area contributed by atoms with Crippen LogP contribution < -0.4 is 0 Å². The molecule has 0 heterocycles. The van der Waals surface area contributed by atoms with Crippen LogP contribution in [0.5, 0.6) is 0 Å². The van der Waals surface area contributed by atoms with Gasteiger partial charge >= 0.3 is 5.97 Å². The van der Waals surface area contributed by atoms with E-state index in [9.17, 15) is 4.79 Å². The zero-order valence-electron chi connectivity index (χ0n) is 7.33. The van der Waals surface area contributed by atoms with Crippen molar-refractivity contribution in [2.24, 2.45) is 0 Å². The summed E-state index contributed by atoms with van der Waals surface area (Å²) in [5, 5.41) is 0. The summed E-state index contributed by atoms with van der Waals surface area (Å²) in [6.45, 7) is 0. The van der Waals surface area contributed by atoms with Crippen molar-refractivity contribution in [2.75, 3.05) is 13.4 Å². The van der Waals surface area contributed by atoms with Crippen molar-refractivity contribution in [3.8, 4) is 0 Å². The summed E-state index contributed by atoms with van der Waals surface area (Å²) in [4.78, 5) is 12.2. The van der Waals surface area contributed by atoms with Gasteiger partial charge in [-0.05, 0) is 24.5 Å². The Morgan fingerprint density at radius 2 is 2.23 bits per heavy atom. The van der Waals surface area contributed by atoms with Gasteiger partial charge in [0.25, 0.3) is 0 Å². The highest BCUT2D eigenvalue weighted by molar-refractivity contribution is 9.10. The van der Waals surface area contributed by atoms with Crippen molar-refractivity contribution >= 4 is 33.7 Å². The lowest BCUT2D eigenvalue weighted by Crippen LogP contribution is -2.02. The van der Waals surface area contributed by atoms with Gasteiger partial charge in [0.2, 0.25) is 0 Å². The van der Waals surface area contributed by atoms with Gasteiger partial charge in [0.15, 0.2) is 0 Å². The molecule has 1 aromatic rings. The average molecular weight is 261 g/mol. The van der Waals surface area contributed by atoms with E-state index in [2.05, 4.69) is 20.7 Å². The van der Waals surface area contributed by atoms with E-state index in [1.165, 1.54) is 18.9 Å². The van der Waals surface area contributed by atoms with E-state index in [1.54, 1.807) is 6.07 Å². The summed E-state index contributed by atoms with van der Waals surface area (Å²) < 4.78 is 5.54. The van der Waals surface area contributed by atoms with Gasteiger partial charge in [-0.15, -0.1) is 11.8 Å². The normalized spacial score (nSPS) is 9.77. The number of carbonyl (C=O) groups excluding carboxylic acids is 1. The van der Waals surface area contributed by atoms with Crippen LogP contribution in [0.25, 0.3) is 0 Å². The quantitative estimate of drug-likeness (QED) is 0.604. The number of thioether (sulfide) groups is 1. The zero-order chi connectivity index (χ0) is 9.84. The molecule has 0 saturated carbocycles. The molecule has 0 aliphatic rings. The molecule has 0 aliphatic heterocycles. The number of hydrogen-bond donors (Lipinski definition) is 0. The highest BCUT2D eigenvalue weighted by Gasteiger charge is 2.10. The zero-order valence-corrected chi connectivity index (χ0v) is 9.74. The summed E-state index contributed by atoms with van der Waals surface area (Å²) >= 11 is 4.83. The van der Waals surface area contributed by atoms with Crippen molar-refractivity contribution in [1.29, 1.82) is 0 Å². The third kappa shape index (κ3) is 2.48. The molecule has 0 N–H and O–H groups in total. The molecule has 4 heteroatoms. The van der Waals surface area contributed by atoms with E-state index in [0.29, 0.717) is 5.56 Å². The Morgan fingerprint density at radius 3 is 2.77 bits per heavy atom. The van der Waals surface area contributed by atoms with Crippen LogP contribution in [0, 0.1) is 0 Å². The number of carbonyl (C=O) groups is 1. The second-order valence-corrected chi connectivity index (χ2v) is 4.10. The van der Waals surface area contributed by atoms with Crippen molar-refractivity contribution in [2.45, 2.75) is 4.90 Å². The number of esters is 1. The Kier molecular flexibility index (Phi) is 3.81. The minimum Gasteiger partial charge on any atom is -0.465 e. The van der Waals surface area contributed by atoms with E-state index in [-0.39, 0.29) is 5.97 Å². The standard InChI is InChI=1S/C9H9BrO2S/c1-12-9(11)7-5-6(10)3-4-8(7)13-2/h3-5H,1-2H3. The van der Waals surface area contributed by atoms with Gasteiger partial charge < -0.3 is 4.74 Å². The van der Waals surface area contributed by atoms with Crippen LogP contribution >= 0.6 is 27.7 Å². The lowest BCUT2D eigenvalue weighted by molar-refractivity contribution is 0.0596. The minimum absolute atomic E-state index is 0.300. The Labute approximate surface area is 89.8 Å². The van der Waals surface area contributed by atoms with Crippen LogP contribution in [0.1, 0.15) is 10.4 Å². The van der Waals surface area contributed by atoms with E-state index in [1.807, 2.05) is 18.4 Å².